The second-order valence-electron chi connectivity index (χ2n) is 9.42. The van der Waals surface area contributed by atoms with Gasteiger partial charge in [-0.3, -0.25) is 9.59 Å². The Hall–Kier alpha value is -3.28. The first-order valence-electron chi connectivity index (χ1n) is 12.8. The zero-order chi connectivity index (χ0) is 29.3. The number of anilines is 1. The lowest BCUT2D eigenvalue weighted by Gasteiger charge is -2.34. The van der Waals surface area contributed by atoms with Gasteiger partial charge in [0.1, 0.15) is 18.4 Å². The minimum absolute atomic E-state index is 0.0719. The number of hydrogen-bond acceptors (Lipinski definition) is 4. The average molecular weight is 634 g/mol. The van der Waals surface area contributed by atoms with Crippen molar-refractivity contribution in [2.75, 3.05) is 31.5 Å². The third kappa shape index (κ3) is 8.36. The third-order valence-corrected chi connectivity index (χ3v) is 8.57. The summed E-state index contributed by atoms with van der Waals surface area (Å²) < 4.78 is 43.1. The number of carbonyl (C=O) groups is 2. The van der Waals surface area contributed by atoms with Gasteiger partial charge in [0, 0.05) is 38.1 Å². The molecule has 40 heavy (non-hydrogen) atoms. The van der Waals surface area contributed by atoms with Gasteiger partial charge in [0.15, 0.2) is 0 Å². The van der Waals surface area contributed by atoms with Crippen LogP contribution in [0.15, 0.2) is 83.3 Å². The van der Waals surface area contributed by atoms with E-state index in [4.69, 9.17) is 0 Å². The van der Waals surface area contributed by atoms with E-state index in [0.717, 1.165) is 36.3 Å². The highest BCUT2D eigenvalue weighted by molar-refractivity contribution is 9.10. The van der Waals surface area contributed by atoms with E-state index in [1.807, 2.05) is 61.5 Å². The molecule has 0 aromatic heterocycles. The Morgan fingerprint density at radius 3 is 2.12 bits per heavy atom. The lowest BCUT2D eigenvalue weighted by molar-refractivity contribution is -0.140. The largest absolute Gasteiger partial charge is 0.354 e. The molecule has 0 radical (unpaired) electrons. The zero-order valence-corrected chi connectivity index (χ0v) is 25.2. The van der Waals surface area contributed by atoms with Crippen LogP contribution in [0.25, 0.3) is 0 Å². The van der Waals surface area contributed by atoms with Crippen molar-refractivity contribution < 1.29 is 22.4 Å². The smallest absolute Gasteiger partial charge is 0.304 e. The number of rotatable bonds is 13. The molecule has 0 aliphatic heterocycles. The quantitative estimate of drug-likeness (QED) is 0.303. The Balaban J connectivity index is 2.06. The molecule has 0 aliphatic rings. The van der Waals surface area contributed by atoms with E-state index in [9.17, 15) is 22.4 Å². The minimum Gasteiger partial charge on any atom is -0.354 e. The minimum atomic E-state index is -4.14. The predicted molar refractivity (Wildman–Crippen MR) is 158 cm³/mol. The molecule has 3 rings (SSSR count). The highest BCUT2D eigenvalue weighted by Crippen LogP contribution is 2.22. The molecular formula is C29H34BrFN4O4S. The maximum atomic E-state index is 14.1. The van der Waals surface area contributed by atoms with Crippen molar-refractivity contribution in [3.8, 4) is 0 Å². The lowest BCUT2D eigenvalue weighted by atomic mass is 10.0. The SMILES string of the molecule is CCCNC(=O)[C@H](Cc1ccccc1)N(Cc1ccc(Br)cc1)C(=O)CN(c1ccc(F)cc1)S(=O)(=O)N(C)C. The first-order chi connectivity index (χ1) is 19.0. The van der Waals surface area contributed by atoms with Gasteiger partial charge >= 0.3 is 10.2 Å². The first-order valence-corrected chi connectivity index (χ1v) is 15.0. The van der Waals surface area contributed by atoms with Gasteiger partial charge in [-0.15, -0.1) is 0 Å². The summed E-state index contributed by atoms with van der Waals surface area (Å²) in [5.74, 6) is -1.45. The van der Waals surface area contributed by atoms with Crippen LogP contribution in [0.4, 0.5) is 10.1 Å². The molecule has 11 heteroatoms. The van der Waals surface area contributed by atoms with Crippen LogP contribution in [0.2, 0.25) is 0 Å². The van der Waals surface area contributed by atoms with Crippen LogP contribution in [0, 0.1) is 5.82 Å². The fourth-order valence-corrected chi connectivity index (χ4v) is 5.35. The van der Waals surface area contributed by atoms with Crippen molar-refractivity contribution in [1.29, 1.82) is 0 Å². The van der Waals surface area contributed by atoms with Gasteiger partial charge in [-0.2, -0.15) is 12.7 Å². The Bertz CT molecular complexity index is 1370. The van der Waals surface area contributed by atoms with Gasteiger partial charge in [0.25, 0.3) is 0 Å². The molecule has 0 saturated heterocycles. The molecule has 3 aromatic carbocycles. The monoisotopic (exact) mass is 632 g/mol. The summed E-state index contributed by atoms with van der Waals surface area (Å²) in [6.07, 6.45) is 0.944. The van der Waals surface area contributed by atoms with Crippen LogP contribution < -0.4 is 9.62 Å². The van der Waals surface area contributed by atoms with Gasteiger partial charge in [0.05, 0.1) is 5.69 Å². The normalized spacial score (nSPS) is 12.2. The molecule has 1 atom stereocenters. The van der Waals surface area contributed by atoms with E-state index in [-0.39, 0.29) is 24.6 Å². The Morgan fingerprint density at radius 1 is 0.925 bits per heavy atom. The summed E-state index contributed by atoms with van der Waals surface area (Å²) in [7, 11) is -1.43. The third-order valence-electron chi connectivity index (χ3n) is 6.22. The van der Waals surface area contributed by atoms with Crippen LogP contribution in [0.5, 0.6) is 0 Å². The summed E-state index contributed by atoms with van der Waals surface area (Å²) in [6, 6.07) is 20.6. The van der Waals surface area contributed by atoms with E-state index in [0.29, 0.717) is 13.0 Å². The molecule has 0 fully saturated rings. The van der Waals surface area contributed by atoms with E-state index in [1.54, 1.807) is 0 Å². The molecule has 0 bridgehead atoms. The first kappa shape index (κ1) is 31.3. The topological polar surface area (TPSA) is 90.0 Å². The Morgan fingerprint density at radius 2 is 1.55 bits per heavy atom. The van der Waals surface area contributed by atoms with Crippen molar-refractivity contribution in [1.82, 2.24) is 14.5 Å². The Kier molecular flexibility index (Phi) is 11.2. The molecule has 0 aliphatic carbocycles. The number of amides is 2. The number of hydrogen-bond donors (Lipinski definition) is 1. The van der Waals surface area contributed by atoms with Gasteiger partial charge in [-0.1, -0.05) is 65.3 Å². The fraction of sp³-hybridized carbons (Fsp3) is 0.310. The molecule has 3 aromatic rings. The summed E-state index contributed by atoms with van der Waals surface area (Å²) in [5.41, 5.74) is 1.74. The summed E-state index contributed by atoms with van der Waals surface area (Å²) in [4.78, 5) is 29.0. The summed E-state index contributed by atoms with van der Waals surface area (Å²) in [5, 5.41) is 2.90. The maximum Gasteiger partial charge on any atom is 0.304 e. The number of nitrogens with zero attached hydrogens (tertiary/aromatic N) is 3. The number of benzene rings is 3. The number of carbonyl (C=O) groups excluding carboxylic acids is 2. The van der Waals surface area contributed by atoms with E-state index in [2.05, 4.69) is 21.2 Å². The van der Waals surface area contributed by atoms with E-state index >= 15 is 0 Å². The summed E-state index contributed by atoms with van der Waals surface area (Å²) in [6.45, 7) is 1.85. The molecule has 0 heterocycles. The van der Waals surface area contributed by atoms with E-state index in [1.165, 1.54) is 31.1 Å². The molecule has 0 unspecified atom stereocenters. The molecular weight excluding hydrogens is 599 g/mol. The van der Waals surface area contributed by atoms with Crippen molar-refractivity contribution in [2.24, 2.45) is 0 Å². The lowest BCUT2D eigenvalue weighted by Crippen LogP contribution is -2.54. The summed E-state index contributed by atoms with van der Waals surface area (Å²) >= 11 is 3.42. The number of halogens is 2. The predicted octanol–water partition coefficient (Wildman–Crippen LogP) is 4.37. The van der Waals surface area contributed by atoms with Crippen LogP contribution in [0.1, 0.15) is 24.5 Å². The molecule has 2 amide bonds. The molecule has 214 valence electrons. The average Bonchev–Trinajstić information content (AvgIpc) is 2.94. The van der Waals surface area contributed by atoms with Crippen LogP contribution in [-0.2, 0) is 32.8 Å². The standard InChI is InChI=1S/C29H34BrFN4O4S/c1-4-18-32-29(37)27(19-22-8-6-5-7-9-22)34(20-23-10-12-24(30)13-11-23)28(36)21-35(40(38,39)33(2)3)26-16-14-25(31)15-17-26/h5-17,27H,4,18-21H2,1-3H3,(H,32,37)/t27-/m0/s1. The van der Waals surface area contributed by atoms with Crippen molar-refractivity contribution in [3.05, 3.63) is 100 Å². The fourth-order valence-electron chi connectivity index (χ4n) is 4.03. The van der Waals surface area contributed by atoms with Crippen molar-refractivity contribution in [2.45, 2.75) is 32.4 Å². The number of nitrogens with one attached hydrogen (secondary N) is 1. The van der Waals surface area contributed by atoms with Crippen LogP contribution >= 0.6 is 15.9 Å². The van der Waals surface area contributed by atoms with Gasteiger partial charge < -0.3 is 10.2 Å². The van der Waals surface area contributed by atoms with Gasteiger partial charge in [0.2, 0.25) is 11.8 Å². The highest BCUT2D eigenvalue weighted by Gasteiger charge is 2.34. The molecule has 8 nitrogen and oxygen atoms in total. The van der Waals surface area contributed by atoms with Crippen molar-refractivity contribution in [3.63, 3.8) is 0 Å². The van der Waals surface area contributed by atoms with Crippen LogP contribution in [0.3, 0.4) is 0 Å². The second-order valence-corrected chi connectivity index (χ2v) is 12.4. The molecule has 0 saturated carbocycles. The van der Waals surface area contributed by atoms with Gasteiger partial charge in [-0.25, -0.2) is 8.70 Å². The molecule has 1 N–H and O–H groups in total. The second kappa shape index (κ2) is 14.4. The van der Waals surface area contributed by atoms with Gasteiger partial charge in [-0.05, 0) is 53.9 Å². The maximum absolute atomic E-state index is 14.1. The van der Waals surface area contributed by atoms with E-state index < -0.39 is 34.5 Å². The Labute approximate surface area is 244 Å². The van der Waals surface area contributed by atoms with Crippen molar-refractivity contribution >= 4 is 43.6 Å². The molecule has 0 spiro atoms. The zero-order valence-electron chi connectivity index (χ0n) is 22.8. The highest BCUT2D eigenvalue weighted by atomic mass is 79.9. The van der Waals surface area contributed by atoms with Crippen LogP contribution in [-0.4, -0.2) is 62.7 Å².